The molecule has 19 heavy (non-hydrogen) atoms. The molecule has 0 aliphatic heterocycles. The SMILES string of the molecule is CCOC(=O)COCC(N)c1cc(F)c(F)cc1F. The zero-order valence-corrected chi connectivity index (χ0v) is 10.3. The third kappa shape index (κ3) is 4.53. The molecule has 0 saturated carbocycles. The smallest absolute Gasteiger partial charge is 0.332 e. The Hall–Kier alpha value is -1.60. The van der Waals surface area contributed by atoms with E-state index in [4.69, 9.17) is 10.5 Å². The minimum absolute atomic E-state index is 0.214. The summed E-state index contributed by atoms with van der Waals surface area (Å²) in [5.41, 5.74) is 5.35. The van der Waals surface area contributed by atoms with E-state index in [-0.39, 0.29) is 25.4 Å². The van der Waals surface area contributed by atoms with Crippen LogP contribution in [0.1, 0.15) is 18.5 Å². The van der Waals surface area contributed by atoms with E-state index in [9.17, 15) is 18.0 Å². The molecule has 2 N–H and O–H groups in total. The highest BCUT2D eigenvalue weighted by Gasteiger charge is 2.16. The Morgan fingerprint density at radius 3 is 2.53 bits per heavy atom. The predicted molar refractivity (Wildman–Crippen MR) is 60.7 cm³/mol. The Morgan fingerprint density at radius 1 is 1.26 bits per heavy atom. The summed E-state index contributed by atoms with van der Waals surface area (Å²) in [5, 5.41) is 0. The first kappa shape index (κ1) is 15.5. The lowest BCUT2D eigenvalue weighted by molar-refractivity contribution is -0.148. The molecular weight excluding hydrogens is 263 g/mol. The van der Waals surface area contributed by atoms with Crippen molar-refractivity contribution in [1.82, 2.24) is 0 Å². The van der Waals surface area contributed by atoms with Gasteiger partial charge < -0.3 is 15.2 Å². The van der Waals surface area contributed by atoms with Gasteiger partial charge in [0, 0.05) is 11.6 Å². The molecule has 0 aliphatic rings. The molecule has 0 aromatic heterocycles. The van der Waals surface area contributed by atoms with Gasteiger partial charge in [0.05, 0.1) is 19.3 Å². The molecule has 0 spiro atoms. The van der Waals surface area contributed by atoms with Crippen LogP contribution in [0.2, 0.25) is 0 Å². The number of halogens is 3. The highest BCUT2D eigenvalue weighted by atomic mass is 19.2. The minimum Gasteiger partial charge on any atom is -0.464 e. The van der Waals surface area contributed by atoms with Crippen LogP contribution < -0.4 is 5.73 Å². The van der Waals surface area contributed by atoms with Gasteiger partial charge in [-0.25, -0.2) is 18.0 Å². The molecular formula is C12H14F3NO3. The third-order valence-corrected chi connectivity index (χ3v) is 2.26. The Bertz CT molecular complexity index is 454. The second-order valence-corrected chi connectivity index (χ2v) is 3.71. The zero-order valence-electron chi connectivity index (χ0n) is 10.3. The Labute approximate surface area is 108 Å². The molecule has 106 valence electrons. The third-order valence-electron chi connectivity index (χ3n) is 2.26. The number of nitrogens with two attached hydrogens (primary N) is 1. The van der Waals surface area contributed by atoms with Gasteiger partial charge in [-0.15, -0.1) is 0 Å². The van der Waals surface area contributed by atoms with Crippen LogP contribution >= 0.6 is 0 Å². The molecule has 0 saturated heterocycles. The van der Waals surface area contributed by atoms with Crippen molar-refractivity contribution in [3.8, 4) is 0 Å². The predicted octanol–water partition coefficient (Wildman–Crippen LogP) is 1.68. The van der Waals surface area contributed by atoms with Crippen molar-refractivity contribution in [3.63, 3.8) is 0 Å². The zero-order chi connectivity index (χ0) is 14.4. The lowest BCUT2D eigenvalue weighted by atomic mass is 10.1. The molecule has 1 aromatic carbocycles. The van der Waals surface area contributed by atoms with Crippen LogP contribution in [0.15, 0.2) is 12.1 Å². The minimum atomic E-state index is -1.29. The van der Waals surface area contributed by atoms with Gasteiger partial charge in [0.1, 0.15) is 12.4 Å². The molecule has 0 amide bonds. The number of benzene rings is 1. The van der Waals surface area contributed by atoms with E-state index in [1.165, 1.54) is 0 Å². The van der Waals surface area contributed by atoms with Gasteiger partial charge in [0.15, 0.2) is 11.6 Å². The number of rotatable bonds is 6. The highest BCUT2D eigenvalue weighted by molar-refractivity contribution is 5.70. The van der Waals surface area contributed by atoms with Gasteiger partial charge in [-0.3, -0.25) is 0 Å². The second kappa shape index (κ2) is 7.10. The van der Waals surface area contributed by atoms with Crippen molar-refractivity contribution in [1.29, 1.82) is 0 Å². The van der Waals surface area contributed by atoms with Crippen LogP contribution in [0.25, 0.3) is 0 Å². The highest BCUT2D eigenvalue weighted by Crippen LogP contribution is 2.19. The lowest BCUT2D eigenvalue weighted by Crippen LogP contribution is -2.22. The number of carbonyl (C=O) groups excluding carboxylic acids is 1. The number of ether oxygens (including phenoxy) is 2. The van der Waals surface area contributed by atoms with E-state index in [1.54, 1.807) is 6.92 Å². The second-order valence-electron chi connectivity index (χ2n) is 3.71. The molecule has 0 aliphatic carbocycles. The van der Waals surface area contributed by atoms with Crippen LogP contribution in [0.3, 0.4) is 0 Å². The van der Waals surface area contributed by atoms with Crippen LogP contribution in [-0.4, -0.2) is 25.8 Å². The molecule has 0 bridgehead atoms. The number of esters is 1. The molecule has 0 radical (unpaired) electrons. The van der Waals surface area contributed by atoms with Crippen molar-refractivity contribution in [2.24, 2.45) is 5.73 Å². The van der Waals surface area contributed by atoms with Gasteiger partial charge in [-0.2, -0.15) is 0 Å². The van der Waals surface area contributed by atoms with Crippen molar-refractivity contribution >= 4 is 5.97 Å². The summed E-state index contributed by atoms with van der Waals surface area (Å²) in [6.07, 6.45) is 0. The standard InChI is InChI=1S/C12H14F3NO3/c1-2-19-12(17)6-18-5-11(16)7-3-9(14)10(15)4-8(7)13/h3-4,11H,2,5-6,16H2,1H3. The van der Waals surface area contributed by atoms with Crippen molar-refractivity contribution in [3.05, 3.63) is 35.1 Å². The quantitative estimate of drug-likeness (QED) is 0.635. The van der Waals surface area contributed by atoms with Crippen molar-refractivity contribution in [2.75, 3.05) is 19.8 Å². The van der Waals surface area contributed by atoms with E-state index in [0.29, 0.717) is 12.1 Å². The average Bonchev–Trinajstić information content (AvgIpc) is 2.34. The monoisotopic (exact) mass is 277 g/mol. The Morgan fingerprint density at radius 2 is 1.89 bits per heavy atom. The van der Waals surface area contributed by atoms with Crippen LogP contribution in [0.5, 0.6) is 0 Å². The molecule has 1 unspecified atom stereocenters. The number of carbonyl (C=O) groups is 1. The average molecular weight is 277 g/mol. The van der Waals surface area contributed by atoms with E-state index in [1.807, 2.05) is 0 Å². The van der Waals surface area contributed by atoms with Gasteiger partial charge in [0.25, 0.3) is 0 Å². The molecule has 4 nitrogen and oxygen atoms in total. The largest absolute Gasteiger partial charge is 0.464 e. The summed E-state index contributed by atoms with van der Waals surface area (Å²) < 4.78 is 48.5. The van der Waals surface area contributed by atoms with Crippen molar-refractivity contribution in [2.45, 2.75) is 13.0 Å². The summed E-state index contributed by atoms with van der Waals surface area (Å²) in [6, 6.07) is 0.0726. The van der Waals surface area contributed by atoms with Crippen LogP contribution in [0.4, 0.5) is 13.2 Å². The Balaban J connectivity index is 2.56. The van der Waals surface area contributed by atoms with E-state index >= 15 is 0 Å². The Kier molecular flexibility index (Phi) is 5.78. The van der Waals surface area contributed by atoms with Crippen molar-refractivity contribution < 1.29 is 27.4 Å². The molecule has 0 heterocycles. The first-order valence-electron chi connectivity index (χ1n) is 5.59. The fourth-order valence-electron chi connectivity index (χ4n) is 1.38. The van der Waals surface area contributed by atoms with Crippen LogP contribution in [-0.2, 0) is 14.3 Å². The summed E-state index contributed by atoms with van der Waals surface area (Å²) in [7, 11) is 0. The first-order valence-corrected chi connectivity index (χ1v) is 5.59. The van der Waals surface area contributed by atoms with Gasteiger partial charge in [0.2, 0.25) is 0 Å². The summed E-state index contributed by atoms with van der Waals surface area (Å²) >= 11 is 0. The maximum absolute atomic E-state index is 13.4. The molecule has 1 atom stereocenters. The molecule has 1 aromatic rings. The maximum Gasteiger partial charge on any atom is 0.332 e. The molecule has 0 fully saturated rings. The van der Waals surface area contributed by atoms with Gasteiger partial charge in [-0.05, 0) is 13.0 Å². The maximum atomic E-state index is 13.4. The normalized spacial score (nSPS) is 12.3. The lowest BCUT2D eigenvalue weighted by Gasteiger charge is -2.13. The first-order chi connectivity index (χ1) is 8.95. The number of hydrogen-bond acceptors (Lipinski definition) is 4. The van der Waals surface area contributed by atoms with Gasteiger partial charge in [-0.1, -0.05) is 0 Å². The summed E-state index contributed by atoms with van der Waals surface area (Å²) in [6.45, 7) is 1.29. The van der Waals surface area contributed by atoms with Gasteiger partial charge >= 0.3 is 5.97 Å². The topological polar surface area (TPSA) is 61.5 Å². The molecule has 7 heteroatoms. The fourth-order valence-corrected chi connectivity index (χ4v) is 1.38. The van der Waals surface area contributed by atoms with E-state index in [2.05, 4.69) is 4.74 Å². The fraction of sp³-hybridized carbons (Fsp3) is 0.417. The van der Waals surface area contributed by atoms with Crippen LogP contribution in [0, 0.1) is 17.5 Å². The summed E-state index contributed by atoms with van der Waals surface area (Å²) in [5.74, 6) is -4.04. The van der Waals surface area contributed by atoms with E-state index < -0.39 is 29.5 Å². The summed E-state index contributed by atoms with van der Waals surface area (Å²) in [4.78, 5) is 11.0. The number of hydrogen-bond donors (Lipinski definition) is 1. The van der Waals surface area contributed by atoms with E-state index in [0.717, 1.165) is 0 Å². The molecule has 1 rings (SSSR count).